The van der Waals surface area contributed by atoms with Crippen LogP contribution in [0, 0.1) is 0 Å². The monoisotopic (exact) mass is 402 g/mol. The van der Waals surface area contributed by atoms with Crippen molar-refractivity contribution in [1.82, 2.24) is 19.9 Å². The summed E-state index contributed by atoms with van der Waals surface area (Å²) in [7, 11) is 3.90. The first-order chi connectivity index (χ1) is 14.7. The Labute approximate surface area is 176 Å². The average Bonchev–Trinajstić information content (AvgIpc) is 2.82. The number of benzene rings is 1. The number of nitrogens with one attached hydrogen (secondary N) is 1. The molecular formula is C23H26N6O. The van der Waals surface area contributed by atoms with Crippen LogP contribution < -0.4 is 10.2 Å². The molecule has 0 unspecified atom stereocenters. The number of ether oxygens (including phenoxy) is 1. The lowest BCUT2D eigenvalue weighted by molar-refractivity contribution is 0.0659. The third-order valence-electron chi connectivity index (χ3n) is 6.26. The summed E-state index contributed by atoms with van der Waals surface area (Å²) in [5, 5.41) is 3.41. The molecule has 1 N–H and O–H groups in total. The SMILES string of the molecule is COC1CCC(N(C)c2ncc3c(n2)NCC=C3c2ccc3nccnc3c2)CC1. The van der Waals surface area contributed by atoms with Gasteiger partial charge >= 0.3 is 0 Å². The molecule has 1 fully saturated rings. The number of methoxy groups -OCH3 is 1. The smallest absolute Gasteiger partial charge is 0.227 e. The summed E-state index contributed by atoms with van der Waals surface area (Å²) in [4.78, 5) is 20.6. The molecule has 0 radical (unpaired) electrons. The van der Waals surface area contributed by atoms with Crippen LogP contribution in [0.5, 0.6) is 0 Å². The summed E-state index contributed by atoms with van der Waals surface area (Å²) >= 11 is 0. The first-order valence-electron chi connectivity index (χ1n) is 10.5. The molecule has 0 atom stereocenters. The highest BCUT2D eigenvalue weighted by Gasteiger charge is 2.26. The van der Waals surface area contributed by atoms with Gasteiger partial charge in [0, 0.05) is 50.9 Å². The number of rotatable bonds is 4. The van der Waals surface area contributed by atoms with Crippen molar-refractivity contribution < 1.29 is 4.74 Å². The van der Waals surface area contributed by atoms with E-state index in [-0.39, 0.29) is 0 Å². The predicted molar refractivity (Wildman–Crippen MR) is 119 cm³/mol. The van der Waals surface area contributed by atoms with Gasteiger partial charge in [-0.05, 0) is 49.0 Å². The largest absolute Gasteiger partial charge is 0.381 e. The summed E-state index contributed by atoms with van der Waals surface area (Å²) in [6.45, 7) is 0.736. The lowest BCUT2D eigenvalue weighted by atomic mass is 9.92. The van der Waals surface area contributed by atoms with E-state index in [9.17, 15) is 0 Å². The van der Waals surface area contributed by atoms with Gasteiger partial charge in [-0.2, -0.15) is 4.98 Å². The van der Waals surface area contributed by atoms with E-state index in [1.807, 2.05) is 12.3 Å². The zero-order valence-electron chi connectivity index (χ0n) is 17.4. The quantitative estimate of drug-likeness (QED) is 0.713. The van der Waals surface area contributed by atoms with Crippen molar-refractivity contribution in [3.05, 3.63) is 54.0 Å². The van der Waals surface area contributed by atoms with Crippen LogP contribution in [0.2, 0.25) is 0 Å². The Balaban J connectivity index is 1.41. The molecule has 0 saturated heterocycles. The predicted octanol–water partition coefficient (Wildman–Crippen LogP) is 3.67. The third kappa shape index (κ3) is 3.50. The van der Waals surface area contributed by atoms with Gasteiger partial charge in [0.25, 0.3) is 0 Å². The van der Waals surface area contributed by atoms with E-state index in [1.54, 1.807) is 19.5 Å². The maximum atomic E-state index is 5.51. The normalized spacial score (nSPS) is 20.9. The summed E-state index contributed by atoms with van der Waals surface area (Å²) in [6, 6.07) is 6.63. The van der Waals surface area contributed by atoms with Gasteiger partial charge in [0.15, 0.2) is 0 Å². The topological polar surface area (TPSA) is 76.1 Å². The Kier molecular flexibility index (Phi) is 5.04. The minimum absolute atomic E-state index is 0.389. The molecule has 0 bridgehead atoms. The fraction of sp³-hybridized carbons (Fsp3) is 0.391. The van der Waals surface area contributed by atoms with Gasteiger partial charge in [-0.3, -0.25) is 9.97 Å². The van der Waals surface area contributed by atoms with Crippen molar-refractivity contribution in [3.63, 3.8) is 0 Å². The van der Waals surface area contributed by atoms with Gasteiger partial charge < -0.3 is 15.0 Å². The molecule has 2 aromatic heterocycles. The Morgan fingerprint density at radius 2 is 1.83 bits per heavy atom. The van der Waals surface area contributed by atoms with E-state index in [0.717, 1.165) is 71.7 Å². The molecule has 1 aromatic carbocycles. The Morgan fingerprint density at radius 1 is 1.03 bits per heavy atom. The maximum Gasteiger partial charge on any atom is 0.227 e. The highest BCUT2D eigenvalue weighted by atomic mass is 16.5. The van der Waals surface area contributed by atoms with Crippen LogP contribution in [0.4, 0.5) is 11.8 Å². The van der Waals surface area contributed by atoms with E-state index in [4.69, 9.17) is 14.7 Å². The van der Waals surface area contributed by atoms with Crippen LogP contribution >= 0.6 is 0 Å². The van der Waals surface area contributed by atoms with Crippen molar-refractivity contribution in [3.8, 4) is 0 Å². The molecule has 5 rings (SSSR count). The summed E-state index contributed by atoms with van der Waals surface area (Å²) < 4.78 is 5.51. The molecule has 3 heterocycles. The maximum absolute atomic E-state index is 5.51. The van der Waals surface area contributed by atoms with Crippen LogP contribution in [0.25, 0.3) is 16.6 Å². The third-order valence-corrected chi connectivity index (χ3v) is 6.26. The Morgan fingerprint density at radius 3 is 2.63 bits per heavy atom. The van der Waals surface area contributed by atoms with Crippen molar-refractivity contribution in [2.75, 3.05) is 30.9 Å². The number of fused-ring (bicyclic) bond motifs is 2. The van der Waals surface area contributed by atoms with Crippen LogP contribution in [0.15, 0.2) is 42.9 Å². The van der Waals surface area contributed by atoms with Gasteiger partial charge in [0.1, 0.15) is 5.82 Å². The molecule has 2 aliphatic rings. The van der Waals surface area contributed by atoms with Crippen LogP contribution in [-0.2, 0) is 4.74 Å². The average molecular weight is 403 g/mol. The lowest BCUT2D eigenvalue weighted by Crippen LogP contribution is -2.38. The second-order valence-electron chi connectivity index (χ2n) is 7.97. The van der Waals surface area contributed by atoms with Crippen molar-refractivity contribution in [1.29, 1.82) is 0 Å². The van der Waals surface area contributed by atoms with Crippen LogP contribution in [0.3, 0.4) is 0 Å². The van der Waals surface area contributed by atoms with Gasteiger partial charge in [-0.1, -0.05) is 12.1 Å². The first-order valence-corrected chi connectivity index (χ1v) is 10.5. The van der Waals surface area contributed by atoms with E-state index in [0.29, 0.717) is 12.1 Å². The minimum Gasteiger partial charge on any atom is -0.381 e. The van der Waals surface area contributed by atoms with Crippen LogP contribution in [-0.4, -0.2) is 52.8 Å². The second-order valence-corrected chi connectivity index (χ2v) is 7.97. The van der Waals surface area contributed by atoms with E-state index >= 15 is 0 Å². The standard InChI is InChI=1S/C23H26N6O/c1-29(16-4-6-17(30-2)7-5-16)23-27-14-19-18(9-10-26-22(19)28-23)15-3-8-20-21(13-15)25-12-11-24-20/h3,8-9,11-14,16-17H,4-7,10H2,1-2H3,(H,26,27,28). The van der Waals surface area contributed by atoms with Gasteiger partial charge in [0.05, 0.1) is 17.1 Å². The number of hydrogen-bond acceptors (Lipinski definition) is 7. The zero-order chi connectivity index (χ0) is 20.5. The van der Waals surface area contributed by atoms with Crippen molar-refractivity contribution >= 4 is 28.4 Å². The summed E-state index contributed by atoms with van der Waals surface area (Å²) in [5.41, 5.74) is 5.04. The van der Waals surface area contributed by atoms with E-state index in [1.165, 1.54) is 0 Å². The molecular weight excluding hydrogens is 376 g/mol. The van der Waals surface area contributed by atoms with E-state index in [2.05, 4.69) is 45.4 Å². The molecule has 30 heavy (non-hydrogen) atoms. The van der Waals surface area contributed by atoms with E-state index < -0.39 is 0 Å². The molecule has 0 spiro atoms. The molecule has 1 aliphatic heterocycles. The lowest BCUT2D eigenvalue weighted by Gasteiger charge is -2.34. The fourth-order valence-electron chi connectivity index (χ4n) is 4.47. The van der Waals surface area contributed by atoms with Gasteiger partial charge in [0.2, 0.25) is 5.95 Å². The summed E-state index contributed by atoms with van der Waals surface area (Å²) in [6.07, 6.45) is 12.3. The molecule has 154 valence electrons. The zero-order valence-corrected chi connectivity index (χ0v) is 17.4. The van der Waals surface area contributed by atoms with Gasteiger partial charge in [-0.25, -0.2) is 4.98 Å². The fourth-order valence-corrected chi connectivity index (χ4v) is 4.47. The highest BCUT2D eigenvalue weighted by molar-refractivity contribution is 5.90. The molecule has 3 aromatic rings. The first kappa shape index (κ1) is 18.9. The number of aromatic nitrogens is 4. The number of nitrogens with zero attached hydrogens (tertiary/aromatic N) is 5. The second kappa shape index (κ2) is 7.99. The molecule has 1 saturated carbocycles. The number of anilines is 2. The molecule has 0 amide bonds. The Hall–Kier alpha value is -3.06. The number of hydrogen-bond donors (Lipinski definition) is 1. The summed E-state index contributed by atoms with van der Waals surface area (Å²) in [5.74, 6) is 1.65. The van der Waals surface area contributed by atoms with Gasteiger partial charge in [-0.15, -0.1) is 0 Å². The van der Waals surface area contributed by atoms with Crippen molar-refractivity contribution in [2.24, 2.45) is 0 Å². The Bertz CT molecular complexity index is 1090. The van der Waals surface area contributed by atoms with Crippen LogP contribution in [0.1, 0.15) is 36.8 Å². The molecule has 7 heteroatoms. The highest BCUT2D eigenvalue weighted by Crippen LogP contribution is 2.33. The minimum atomic E-state index is 0.389. The van der Waals surface area contributed by atoms with Crippen molar-refractivity contribution in [2.45, 2.75) is 37.8 Å². The molecule has 7 nitrogen and oxygen atoms in total. The molecule has 1 aliphatic carbocycles.